The molecule has 1 aromatic heterocycles. The molecule has 1 aromatic carbocycles. The normalized spacial score (nSPS) is 15.2. The van der Waals surface area contributed by atoms with E-state index in [9.17, 15) is 4.79 Å². The zero-order chi connectivity index (χ0) is 17.6. The molecule has 2 aromatic rings. The SMILES string of the molecule is Nn1c(SCC(=O)NCC2CCCCC2)nnc1-c1ccccc1Cl. The van der Waals surface area contributed by atoms with Crippen molar-refractivity contribution in [3.8, 4) is 11.4 Å². The molecular formula is C17H22ClN5OS. The van der Waals surface area contributed by atoms with Crippen LogP contribution in [0.5, 0.6) is 0 Å². The van der Waals surface area contributed by atoms with E-state index in [2.05, 4.69) is 15.5 Å². The average Bonchev–Trinajstić information content (AvgIpc) is 3.00. The number of nitrogens with zero attached hydrogens (tertiary/aromatic N) is 3. The fourth-order valence-electron chi connectivity index (χ4n) is 3.03. The van der Waals surface area contributed by atoms with Crippen LogP contribution in [0.4, 0.5) is 0 Å². The number of nitrogens with one attached hydrogen (secondary N) is 1. The van der Waals surface area contributed by atoms with Crippen molar-refractivity contribution in [1.29, 1.82) is 0 Å². The van der Waals surface area contributed by atoms with Crippen LogP contribution in [0, 0.1) is 5.92 Å². The fourth-order valence-corrected chi connectivity index (χ4v) is 3.94. The van der Waals surface area contributed by atoms with Gasteiger partial charge in [-0.05, 0) is 30.9 Å². The zero-order valence-electron chi connectivity index (χ0n) is 13.9. The van der Waals surface area contributed by atoms with E-state index in [0.717, 1.165) is 6.54 Å². The summed E-state index contributed by atoms with van der Waals surface area (Å²) in [5.74, 6) is 7.43. The second-order valence-electron chi connectivity index (χ2n) is 6.25. The number of nitrogens with two attached hydrogens (primary N) is 1. The number of amides is 1. The average molecular weight is 380 g/mol. The van der Waals surface area contributed by atoms with Gasteiger partial charge in [0.15, 0.2) is 5.82 Å². The summed E-state index contributed by atoms with van der Waals surface area (Å²) in [6.45, 7) is 0.763. The summed E-state index contributed by atoms with van der Waals surface area (Å²) in [5, 5.41) is 12.2. The Balaban J connectivity index is 1.53. The molecule has 6 nitrogen and oxygen atoms in total. The Hall–Kier alpha value is -1.73. The van der Waals surface area contributed by atoms with Crippen molar-refractivity contribution in [1.82, 2.24) is 20.2 Å². The number of hydrogen-bond acceptors (Lipinski definition) is 5. The Kier molecular flexibility index (Phi) is 6.20. The van der Waals surface area contributed by atoms with Crippen molar-refractivity contribution in [2.24, 2.45) is 5.92 Å². The van der Waals surface area contributed by atoms with Crippen molar-refractivity contribution in [2.75, 3.05) is 18.1 Å². The third kappa shape index (κ3) is 4.67. The summed E-state index contributed by atoms with van der Waals surface area (Å²) >= 11 is 7.45. The summed E-state index contributed by atoms with van der Waals surface area (Å²) in [6.07, 6.45) is 6.30. The highest BCUT2D eigenvalue weighted by Crippen LogP contribution is 2.27. The van der Waals surface area contributed by atoms with Crippen LogP contribution in [0.15, 0.2) is 29.4 Å². The molecule has 3 rings (SSSR count). The van der Waals surface area contributed by atoms with Crippen molar-refractivity contribution in [2.45, 2.75) is 37.3 Å². The standard InChI is InChI=1S/C17H22ClN5OS/c18-14-9-5-4-8-13(14)16-21-22-17(23(16)19)25-11-15(24)20-10-12-6-2-1-3-7-12/h4-5,8-9,12H,1-3,6-7,10-11,19H2,(H,20,24). The topological polar surface area (TPSA) is 85.8 Å². The monoisotopic (exact) mass is 379 g/mol. The lowest BCUT2D eigenvalue weighted by atomic mass is 9.89. The van der Waals surface area contributed by atoms with Gasteiger partial charge in [0.05, 0.1) is 10.8 Å². The van der Waals surface area contributed by atoms with Gasteiger partial charge in [0.2, 0.25) is 11.1 Å². The first-order valence-corrected chi connectivity index (χ1v) is 9.86. The molecule has 134 valence electrons. The molecule has 3 N–H and O–H groups in total. The quantitative estimate of drug-likeness (QED) is 0.595. The van der Waals surface area contributed by atoms with Crippen LogP contribution in [0.25, 0.3) is 11.4 Å². The summed E-state index contributed by atoms with van der Waals surface area (Å²) in [6, 6.07) is 7.31. The molecule has 0 unspecified atom stereocenters. The summed E-state index contributed by atoms with van der Waals surface area (Å²) in [7, 11) is 0. The molecule has 25 heavy (non-hydrogen) atoms. The lowest BCUT2D eigenvalue weighted by molar-refractivity contribution is -0.118. The van der Waals surface area contributed by atoms with E-state index in [4.69, 9.17) is 17.4 Å². The molecule has 0 spiro atoms. The van der Waals surface area contributed by atoms with Crippen LogP contribution in [0.1, 0.15) is 32.1 Å². The smallest absolute Gasteiger partial charge is 0.230 e. The van der Waals surface area contributed by atoms with E-state index >= 15 is 0 Å². The molecule has 0 bridgehead atoms. The molecule has 0 saturated heterocycles. The first kappa shape index (κ1) is 18.1. The van der Waals surface area contributed by atoms with Crippen LogP contribution in [-0.4, -0.2) is 33.1 Å². The first-order chi connectivity index (χ1) is 12.1. The number of carbonyl (C=O) groups excluding carboxylic acids is 1. The van der Waals surface area contributed by atoms with Gasteiger partial charge in [0.1, 0.15) is 0 Å². The molecule has 1 aliphatic rings. The molecule has 0 aliphatic heterocycles. The van der Waals surface area contributed by atoms with Crippen LogP contribution in [0.2, 0.25) is 5.02 Å². The van der Waals surface area contributed by atoms with Gasteiger partial charge in [0.25, 0.3) is 0 Å². The van der Waals surface area contributed by atoms with Crippen molar-refractivity contribution in [3.63, 3.8) is 0 Å². The Morgan fingerprint density at radius 1 is 1.28 bits per heavy atom. The molecule has 1 fully saturated rings. The number of aromatic nitrogens is 3. The lowest BCUT2D eigenvalue weighted by Gasteiger charge is -2.21. The van der Waals surface area contributed by atoms with Crippen LogP contribution < -0.4 is 11.2 Å². The number of carbonyl (C=O) groups is 1. The van der Waals surface area contributed by atoms with Gasteiger partial charge in [-0.3, -0.25) is 4.79 Å². The maximum Gasteiger partial charge on any atom is 0.230 e. The van der Waals surface area contributed by atoms with Crippen molar-refractivity contribution < 1.29 is 4.79 Å². The summed E-state index contributed by atoms with van der Waals surface area (Å²) < 4.78 is 1.38. The van der Waals surface area contributed by atoms with Gasteiger partial charge in [0, 0.05) is 12.1 Å². The highest BCUT2D eigenvalue weighted by molar-refractivity contribution is 7.99. The Morgan fingerprint density at radius 2 is 2.04 bits per heavy atom. The maximum atomic E-state index is 12.0. The van der Waals surface area contributed by atoms with Gasteiger partial charge in [-0.1, -0.05) is 54.8 Å². The highest BCUT2D eigenvalue weighted by Gasteiger charge is 2.17. The molecule has 8 heteroatoms. The van der Waals surface area contributed by atoms with Crippen LogP contribution >= 0.6 is 23.4 Å². The van der Waals surface area contributed by atoms with E-state index in [0.29, 0.717) is 27.5 Å². The molecule has 1 heterocycles. The van der Waals surface area contributed by atoms with Crippen LogP contribution in [-0.2, 0) is 4.79 Å². The minimum atomic E-state index is -0.00198. The largest absolute Gasteiger partial charge is 0.355 e. The lowest BCUT2D eigenvalue weighted by Crippen LogP contribution is -2.31. The predicted octanol–water partition coefficient (Wildman–Crippen LogP) is 3.10. The maximum absolute atomic E-state index is 12.0. The van der Waals surface area contributed by atoms with E-state index in [1.807, 2.05) is 18.2 Å². The number of halogens is 1. The van der Waals surface area contributed by atoms with E-state index < -0.39 is 0 Å². The Bertz CT molecular complexity index is 730. The third-order valence-corrected chi connectivity index (χ3v) is 5.70. The fraction of sp³-hybridized carbons (Fsp3) is 0.471. The van der Waals surface area contributed by atoms with Gasteiger partial charge in [-0.15, -0.1) is 10.2 Å². The minimum Gasteiger partial charge on any atom is -0.355 e. The first-order valence-electron chi connectivity index (χ1n) is 8.50. The van der Waals surface area contributed by atoms with Gasteiger partial charge < -0.3 is 11.2 Å². The summed E-state index contributed by atoms with van der Waals surface area (Å²) in [5.41, 5.74) is 0.716. The van der Waals surface area contributed by atoms with Gasteiger partial charge in [-0.25, -0.2) is 4.68 Å². The number of benzene rings is 1. The zero-order valence-corrected chi connectivity index (χ0v) is 15.5. The van der Waals surface area contributed by atoms with E-state index in [1.165, 1.54) is 48.5 Å². The summed E-state index contributed by atoms with van der Waals surface area (Å²) in [4.78, 5) is 12.0. The molecule has 0 radical (unpaired) electrons. The number of rotatable bonds is 6. The second-order valence-corrected chi connectivity index (χ2v) is 7.60. The molecule has 1 saturated carbocycles. The van der Waals surface area contributed by atoms with Crippen molar-refractivity contribution in [3.05, 3.63) is 29.3 Å². The molecule has 1 aliphatic carbocycles. The minimum absolute atomic E-state index is 0.00198. The Morgan fingerprint density at radius 3 is 2.80 bits per heavy atom. The number of thioether (sulfide) groups is 1. The second kappa shape index (κ2) is 8.58. The molecule has 0 atom stereocenters. The predicted molar refractivity (Wildman–Crippen MR) is 101 cm³/mol. The number of nitrogen functional groups attached to an aromatic ring is 1. The van der Waals surface area contributed by atoms with Gasteiger partial charge >= 0.3 is 0 Å². The van der Waals surface area contributed by atoms with E-state index in [1.54, 1.807) is 6.07 Å². The highest BCUT2D eigenvalue weighted by atomic mass is 35.5. The third-order valence-electron chi connectivity index (χ3n) is 4.42. The van der Waals surface area contributed by atoms with E-state index in [-0.39, 0.29) is 11.7 Å². The van der Waals surface area contributed by atoms with Crippen LogP contribution in [0.3, 0.4) is 0 Å². The van der Waals surface area contributed by atoms with Crippen molar-refractivity contribution >= 4 is 29.3 Å². The molecule has 1 amide bonds. The van der Waals surface area contributed by atoms with Gasteiger partial charge in [-0.2, -0.15) is 0 Å². The Labute approximate surface area is 156 Å². The number of hydrogen-bond donors (Lipinski definition) is 2. The molecular weight excluding hydrogens is 358 g/mol.